The molecule has 22 heavy (non-hydrogen) atoms. The van der Waals surface area contributed by atoms with Gasteiger partial charge in [0, 0.05) is 25.4 Å². The maximum absolute atomic E-state index is 9.00. The lowest BCUT2D eigenvalue weighted by Gasteiger charge is -2.23. The average Bonchev–Trinajstić information content (AvgIpc) is 2.96. The van der Waals surface area contributed by atoms with Gasteiger partial charge in [0.15, 0.2) is 0 Å². The van der Waals surface area contributed by atoms with Crippen LogP contribution < -0.4 is 5.32 Å². The summed E-state index contributed by atoms with van der Waals surface area (Å²) in [6, 6.07) is 0. The Morgan fingerprint density at radius 1 is 1.00 bits per heavy atom. The zero-order valence-electron chi connectivity index (χ0n) is 14.5. The highest BCUT2D eigenvalue weighted by Crippen LogP contribution is 2.12. The van der Waals surface area contributed by atoms with Gasteiger partial charge in [-0.1, -0.05) is 70.4 Å². The molecule has 0 saturated carbocycles. The molecular weight excluding hydrogens is 272 g/mol. The van der Waals surface area contributed by atoms with E-state index in [1.165, 1.54) is 64.2 Å². The summed E-state index contributed by atoms with van der Waals surface area (Å²) in [6.45, 7) is 3.20. The zero-order valence-corrected chi connectivity index (χ0v) is 14.5. The van der Waals surface area contributed by atoms with E-state index in [1.807, 2.05) is 12.4 Å². The summed E-state index contributed by atoms with van der Waals surface area (Å²) in [4.78, 5) is 2.16. The minimum Gasteiger partial charge on any atom is -0.395 e. The van der Waals surface area contributed by atoms with Crippen LogP contribution in [-0.4, -0.2) is 29.3 Å². The Morgan fingerprint density at radius 2 is 1.68 bits per heavy atom. The van der Waals surface area contributed by atoms with Gasteiger partial charge in [0.1, 0.15) is 6.17 Å². The number of β-amino-alcohol motifs (C(OH)–C–C–N with tert-alkyl or cyclic N) is 1. The molecule has 0 spiro atoms. The van der Waals surface area contributed by atoms with Gasteiger partial charge in [-0.2, -0.15) is 0 Å². The lowest BCUT2D eigenvalue weighted by Crippen LogP contribution is -2.36. The Hall–Kier alpha value is -0.960. The van der Waals surface area contributed by atoms with Gasteiger partial charge in [0.05, 0.1) is 6.61 Å². The minimum atomic E-state index is 0.213. The van der Waals surface area contributed by atoms with Crippen molar-refractivity contribution in [1.82, 2.24) is 10.2 Å². The van der Waals surface area contributed by atoms with Crippen LogP contribution in [0, 0.1) is 0 Å². The lowest BCUT2D eigenvalue weighted by molar-refractivity contribution is 0.202. The second-order valence-electron chi connectivity index (χ2n) is 6.28. The van der Waals surface area contributed by atoms with Gasteiger partial charge in [0.2, 0.25) is 0 Å². The van der Waals surface area contributed by atoms with Crippen molar-refractivity contribution in [2.45, 2.75) is 83.7 Å². The van der Waals surface area contributed by atoms with Crippen molar-refractivity contribution in [3.8, 4) is 0 Å². The molecule has 1 unspecified atom stereocenters. The monoisotopic (exact) mass is 308 g/mol. The molecule has 0 aromatic rings. The van der Waals surface area contributed by atoms with E-state index in [9.17, 15) is 0 Å². The predicted molar refractivity (Wildman–Crippen MR) is 95.5 cm³/mol. The number of aliphatic hydroxyl groups excluding tert-OH is 1. The first-order valence-electron chi connectivity index (χ1n) is 9.32. The van der Waals surface area contributed by atoms with E-state index in [4.69, 9.17) is 5.11 Å². The van der Waals surface area contributed by atoms with Crippen molar-refractivity contribution in [2.24, 2.45) is 0 Å². The fraction of sp³-hybridized carbons (Fsp3) is 0.789. The van der Waals surface area contributed by atoms with Gasteiger partial charge >= 0.3 is 0 Å². The molecule has 0 amide bonds. The van der Waals surface area contributed by atoms with E-state index < -0.39 is 0 Å². The number of rotatable bonds is 14. The van der Waals surface area contributed by atoms with Crippen LogP contribution in [0.25, 0.3) is 0 Å². The largest absolute Gasteiger partial charge is 0.395 e. The van der Waals surface area contributed by atoms with Gasteiger partial charge in [-0.3, -0.25) is 0 Å². The summed E-state index contributed by atoms with van der Waals surface area (Å²) in [5, 5.41) is 12.3. The molecule has 1 aliphatic rings. The first-order valence-corrected chi connectivity index (χ1v) is 9.32. The predicted octanol–water partition coefficient (Wildman–Crippen LogP) is 4.55. The fourth-order valence-electron chi connectivity index (χ4n) is 2.91. The molecule has 3 nitrogen and oxygen atoms in total. The van der Waals surface area contributed by atoms with Crippen molar-refractivity contribution in [2.75, 3.05) is 13.2 Å². The molecule has 1 rings (SSSR count). The van der Waals surface area contributed by atoms with Crippen molar-refractivity contribution < 1.29 is 5.11 Å². The summed E-state index contributed by atoms with van der Waals surface area (Å²) in [5.41, 5.74) is 0. The molecule has 0 radical (unpaired) electrons. The first-order chi connectivity index (χ1) is 10.9. The van der Waals surface area contributed by atoms with E-state index in [1.54, 1.807) is 0 Å². The summed E-state index contributed by atoms with van der Waals surface area (Å²) >= 11 is 0. The van der Waals surface area contributed by atoms with Crippen LogP contribution in [0.4, 0.5) is 0 Å². The fourth-order valence-corrected chi connectivity index (χ4v) is 2.91. The second-order valence-corrected chi connectivity index (χ2v) is 6.28. The smallest absolute Gasteiger partial charge is 0.102 e. The van der Waals surface area contributed by atoms with Crippen LogP contribution in [-0.2, 0) is 0 Å². The normalized spacial score (nSPS) is 17.5. The molecule has 0 aliphatic carbocycles. The van der Waals surface area contributed by atoms with Crippen molar-refractivity contribution >= 4 is 0 Å². The van der Waals surface area contributed by atoms with Crippen molar-refractivity contribution in [3.63, 3.8) is 0 Å². The number of nitrogens with zero attached hydrogens (tertiary/aromatic N) is 1. The van der Waals surface area contributed by atoms with E-state index in [2.05, 4.69) is 29.3 Å². The Bertz CT molecular complexity index is 302. The van der Waals surface area contributed by atoms with Crippen LogP contribution in [0.3, 0.4) is 0 Å². The van der Waals surface area contributed by atoms with E-state index in [0.29, 0.717) is 12.7 Å². The third-order valence-electron chi connectivity index (χ3n) is 4.31. The molecule has 2 N–H and O–H groups in total. The zero-order chi connectivity index (χ0) is 15.9. The van der Waals surface area contributed by atoms with Crippen molar-refractivity contribution in [1.29, 1.82) is 0 Å². The molecule has 3 heteroatoms. The SMILES string of the molecule is CCCCCCCCCCC/C=C/CC1NC=CN1CCO. The highest BCUT2D eigenvalue weighted by atomic mass is 16.3. The summed E-state index contributed by atoms with van der Waals surface area (Å²) in [6.07, 6.45) is 23.7. The van der Waals surface area contributed by atoms with E-state index in [0.717, 1.165) is 6.42 Å². The maximum Gasteiger partial charge on any atom is 0.102 e. The van der Waals surface area contributed by atoms with Gasteiger partial charge in [-0.05, 0) is 12.8 Å². The van der Waals surface area contributed by atoms with E-state index >= 15 is 0 Å². The minimum absolute atomic E-state index is 0.213. The summed E-state index contributed by atoms with van der Waals surface area (Å²) in [7, 11) is 0. The Morgan fingerprint density at radius 3 is 2.36 bits per heavy atom. The molecule has 0 bridgehead atoms. The molecule has 1 atom stereocenters. The third kappa shape index (κ3) is 9.14. The first kappa shape index (κ1) is 19.1. The van der Waals surface area contributed by atoms with Gasteiger partial charge < -0.3 is 15.3 Å². The molecule has 0 aromatic heterocycles. The Labute approximate surface area is 137 Å². The number of hydrogen-bond donors (Lipinski definition) is 2. The number of unbranched alkanes of at least 4 members (excludes halogenated alkanes) is 9. The molecular formula is C19H36N2O. The molecule has 0 saturated heterocycles. The van der Waals surface area contributed by atoms with Crippen LogP contribution in [0.5, 0.6) is 0 Å². The highest BCUT2D eigenvalue weighted by Gasteiger charge is 2.15. The van der Waals surface area contributed by atoms with Crippen molar-refractivity contribution in [3.05, 3.63) is 24.6 Å². The quantitative estimate of drug-likeness (QED) is 0.365. The number of nitrogens with one attached hydrogen (secondary N) is 1. The Kier molecular flexibility index (Phi) is 11.9. The topological polar surface area (TPSA) is 35.5 Å². The van der Waals surface area contributed by atoms with Gasteiger partial charge in [-0.25, -0.2) is 0 Å². The molecule has 0 fully saturated rings. The van der Waals surface area contributed by atoms with Crippen LogP contribution >= 0.6 is 0 Å². The van der Waals surface area contributed by atoms with Crippen LogP contribution in [0.15, 0.2) is 24.6 Å². The highest BCUT2D eigenvalue weighted by molar-refractivity contribution is 4.97. The lowest BCUT2D eigenvalue weighted by atomic mass is 10.1. The van der Waals surface area contributed by atoms with E-state index in [-0.39, 0.29) is 6.61 Å². The maximum atomic E-state index is 9.00. The number of allylic oxidation sites excluding steroid dienone is 1. The average molecular weight is 309 g/mol. The number of aliphatic hydroxyl groups is 1. The second kappa shape index (κ2) is 13.7. The Balaban J connectivity index is 1.88. The number of hydrogen-bond acceptors (Lipinski definition) is 3. The molecule has 0 aromatic carbocycles. The molecule has 128 valence electrons. The standard InChI is InChI=1S/C19H36N2O/c1-2-3-4-5-6-7-8-9-10-11-12-13-14-19-20-15-16-21(19)17-18-22/h12-13,15-16,19-20,22H,2-11,14,17-18H2,1H3/b13-12+. The third-order valence-corrected chi connectivity index (χ3v) is 4.31. The summed E-state index contributed by atoms with van der Waals surface area (Å²) < 4.78 is 0. The van der Waals surface area contributed by atoms with Crippen LogP contribution in [0.2, 0.25) is 0 Å². The molecule has 1 aliphatic heterocycles. The van der Waals surface area contributed by atoms with Gasteiger partial charge in [0.25, 0.3) is 0 Å². The van der Waals surface area contributed by atoms with Gasteiger partial charge in [-0.15, -0.1) is 0 Å². The van der Waals surface area contributed by atoms with Crippen LogP contribution in [0.1, 0.15) is 77.6 Å². The molecule has 1 heterocycles. The summed E-state index contributed by atoms with van der Waals surface area (Å²) in [5.74, 6) is 0.